The molecule has 0 aliphatic heterocycles. The molecule has 0 saturated carbocycles. The molecule has 0 saturated heterocycles. The summed E-state index contributed by atoms with van der Waals surface area (Å²) in [6, 6.07) is 12.4. The lowest BCUT2D eigenvalue weighted by atomic mass is 10.2. The van der Waals surface area contributed by atoms with E-state index < -0.39 is 6.10 Å². The van der Waals surface area contributed by atoms with E-state index in [9.17, 15) is 4.79 Å². The summed E-state index contributed by atoms with van der Waals surface area (Å²) in [7, 11) is 0. The molecule has 0 radical (unpaired) electrons. The van der Waals surface area contributed by atoms with Crippen LogP contribution in [-0.2, 0) is 4.79 Å². The maximum Gasteiger partial charge on any atom is 0.265 e. The molecular weight excluding hydrogens is 342 g/mol. The summed E-state index contributed by atoms with van der Waals surface area (Å²) in [6.45, 7) is 3.58. The Morgan fingerprint density at radius 3 is 2.68 bits per heavy atom. The Hall–Kier alpha value is -2.86. The van der Waals surface area contributed by atoms with Gasteiger partial charge in [0, 0.05) is 16.3 Å². The van der Waals surface area contributed by atoms with Crippen LogP contribution < -0.4 is 10.1 Å². The number of carbonyl (C=O) groups excluding carboxylic acids is 1. The number of hydrogen-bond acceptors (Lipinski definition) is 5. The molecule has 3 aromatic rings. The molecule has 2 aromatic carbocycles. The van der Waals surface area contributed by atoms with Crippen molar-refractivity contribution in [2.45, 2.75) is 20.0 Å². The first-order chi connectivity index (χ1) is 12.0. The predicted octanol–water partition coefficient (Wildman–Crippen LogP) is 4.10. The van der Waals surface area contributed by atoms with E-state index in [1.807, 2.05) is 13.0 Å². The summed E-state index contributed by atoms with van der Waals surface area (Å²) in [4.78, 5) is 12.3. The number of halogens is 1. The molecule has 0 aliphatic carbocycles. The lowest BCUT2D eigenvalue weighted by molar-refractivity contribution is -0.122. The molecule has 0 unspecified atom stereocenters. The van der Waals surface area contributed by atoms with Crippen molar-refractivity contribution >= 4 is 23.2 Å². The highest BCUT2D eigenvalue weighted by Crippen LogP contribution is 2.22. The average Bonchev–Trinajstić information content (AvgIpc) is 3.13. The normalized spacial score (nSPS) is 11.8. The molecule has 0 fully saturated rings. The van der Waals surface area contributed by atoms with Crippen LogP contribution in [0.25, 0.3) is 11.5 Å². The minimum absolute atomic E-state index is 0.258. The van der Waals surface area contributed by atoms with Gasteiger partial charge in [-0.15, -0.1) is 10.2 Å². The highest BCUT2D eigenvalue weighted by Gasteiger charge is 2.16. The molecule has 0 bridgehead atoms. The van der Waals surface area contributed by atoms with Crippen molar-refractivity contribution in [2.24, 2.45) is 0 Å². The summed E-state index contributed by atoms with van der Waals surface area (Å²) in [5, 5.41) is 10.9. The Morgan fingerprint density at radius 1 is 1.24 bits per heavy atom. The minimum Gasteiger partial charge on any atom is -0.481 e. The third-order valence-electron chi connectivity index (χ3n) is 3.60. The first-order valence-corrected chi connectivity index (χ1v) is 8.01. The molecule has 3 rings (SSSR count). The summed E-state index contributed by atoms with van der Waals surface area (Å²) in [6.07, 6.45) is 0.594. The average molecular weight is 358 g/mol. The van der Waals surface area contributed by atoms with Gasteiger partial charge in [0.25, 0.3) is 5.91 Å². The quantitative estimate of drug-likeness (QED) is 0.743. The van der Waals surface area contributed by atoms with Crippen LogP contribution in [-0.4, -0.2) is 22.2 Å². The van der Waals surface area contributed by atoms with E-state index in [0.29, 0.717) is 22.4 Å². The highest BCUT2D eigenvalue weighted by molar-refractivity contribution is 6.31. The molecule has 128 valence electrons. The standard InChI is InChI=1S/C18H16ClN3O3/c1-11-3-6-14(19)9-16(11)21-17(23)12(2)25-15-7-4-13(5-8-15)18-22-20-10-24-18/h3-10,12H,1-2H3,(H,21,23)/t12-/m0/s1. The maximum absolute atomic E-state index is 12.3. The van der Waals surface area contributed by atoms with Gasteiger partial charge in [0.2, 0.25) is 12.3 Å². The predicted molar refractivity (Wildman–Crippen MR) is 94.6 cm³/mol. The van der Waals surface area contributed by atoms with Gasteiger partial charge in [0.05, 0.1) is 0 Å². The number of amides is 1. The largest absolute Gasteiger partial charge is 0.481 e. The van der Waals surface area contributed by atoms with Crippen molar-refractivity contribution in [2.75, 3.05) is 5.32 Å². The van der Waals surface area contributed by atoms with Gasteiger partial charge in [0.15, 0.2) is 6.10 Å². The van der Waals surface area contributed by atoms with Gasteiger partial charge >= 0.3 is 0 Å². The van der Waals surface area contributed by atoms with Crippen molar-refractivity contribution in [3.63, 3.8) is 0 Å². The van der Waals surface area contributed by atoms with E-state index in [0.717, 1.165) is 11.1 Å². The molecule has 0 spiro atoms. The van der Waals surface area contributed by atoms with E-state index >= 15 is 0 Å². The van der Waals surface area contributed by atoms with Crippen molar-refractivity contribution in [3.8, 4) is 17.2 Å². The van der Waals surface area contributed by atoms with E-state index in [-0.39, 0.29) is 5.91 Å². The van der Waals surface area contributed by atoms with Crippen molar-refractivity contribution in [1.82, 2.24) is 10.2 Å². The monoisotopic (exact) mass is 357 g/mol. The number of benzene rings is 2. The van der Waals surface area contributed by atoms with E-state index in [2.05, 4.69) is 15.5 Å². The number of aromatic nitrogens is 2. The van der Waals surface area contributed by atoms with Crippen LogP contribution in [0, 0.1) is 6.92 Å². The highest BCUT2D eigenvalue weighted by atomic mass is 35.5. The fraction of sp³-hybridized carbons (Fsp3) is 0.167. The zero-order chi connectivity index (χ0) is 17.8. The summed E-state index contributed by atoms with van der Waals surface area (Å²) in [5.41, 5.74) is 2.37. The van der Waals surface area contributed by atoms with Gasteiger partial charge < -0.3 is 14.5 Å². The second-order valence-electron chi connectivity index (χ2n) is 5.48. The molecule has 25 heavy (non-hydrogen) atoms. The number of hydrogen-bond donors (Lipinski definition) is 1. The van der Waals surface area contributed by atoms with Crippen LogP contribution >= 0.6 is 11.6 Å². The molecule has 6 nitrogen and oxygen atoms in total. The summed E-state index contributed by atoms with van der Waals surface area (Å²) >= 11 is 5.97. The number of aryl methyl sites for hydroxylation is 1. The number of rotatable bonds is 5. The van der Waals surface area contributed by atoms with Crippen LogP contribution in [0.15, 0.2) is 53.3 Å². The number of anilines is 1. The second kappa shape index (κ2) is 7.36. The van der Waals surface area contributed by atoms with E-state index in [1.165, 1.54) is 6.39 Å². The topological polar surface area (TPSA) is 77.2 Å². The van der Waals surface area contributed by atoms with Gasteiger partial charge in [-0.05, 0) is 55.8 Å². The third kappa shape index (κ3) is 4.16. The minimum atomic E-state index is -0.673. The van der Waals surface area contributed by atoms with E-state index in [1.54, 1.807) is 43.3 Å². The smallest absolute Gasteiger partial charge is 0.265 e. The summed E-state index contributed by atoms with van der Waals surface area (Å²) in [5.74, 6) is 0.730. The van der Waals surface area contributed by atoms with Crippen molar-refractivity contribution < 1.29 is 13.9 Å². The SMILES string of the molecule is Cc1ccc(Cl)cc1NC(=O)[C@H](C)Oc1ccc(-c2nnco2)cc1. The van der Waals surface area contributed by atoms with Crippen LogP contribution in [0.3, 0.4) is 0 Å². The van der Waals surface area contributed by atoms with Crippen LogP contribution in [0.1, 0.15) is 12.5 Å². The lowest BCUT2D eigenvalue weighted by Crippen LogP contribution is -2.30. The Balaban J connectivity index is 1.64. The third-order valence-corrected chi connectivity index (χ3v) is 3.84. The Labute approximate surface area is 149 Å². The molecule has 0 aliphatic rings. The molecule has 1 amide bonds. The molecule has 1 N–H and O–H groups in total. The molecule has 7 heteroatoms. The zero-order valence-electron chi connectivity index (χ0n) is 13.7. The van der Waals surface area contributed by atoms with Gasteiger partial charge in [-0.25, -0.2) is 0 Å². The number of ether oxygens (including phenoxy) is 1. The Kier molecular flexibility index (Phi) is 5.00. The second-order valence-corrected chi connectivity index (χ2v) is 5.91. The van der Waals surface area contributed by atoms with Crippen molar-refractivity contribution in [1.29, 1.82) is 0 Å². The number of carbonyl (C=O) groups is 1. The van der Waals surface area contributed by atoms with Gasteiger partial charge in [-0.2, -0.15) is 0 Å². The van der Waals surface area contributed by atoms with Crippen LogP contribution in [0.5, 0.6) is 5.75 Å². The van der Waals surface area contributed by atoms with Gasteiger partial charge in [0.1, 0.15) is 5.75 Å². The molecule has 1 atom stereocenters. The van der Waals surface area contributed by atoms with Gasteiger partial charge in [-0.3, -0.25) is 4.79 Å². The molecule has 1 aromatic heterocycles. The summed E-state index contributed by atoms with van der Waals surface area (Å²) < 4.78 is 10.8. The van der Waals surface area contributed by atoms with E-state index in [4.69, 9.17) is 20.8 Å². The Morgan fingerprint density at radius 2 is 2.00 bits per heavy atom. The number of nitrogens with one attached hydrogen (secondary N) is 1. The van der Waals surface area contributed by atoms with Crippen LogP contribution in [0.4, 0.5) is 5.69 Å². The lowest BCUT2D eigenvalue weighted by Gasteiger charge is -2.16. The number of nitrogens with zero attached hydrogens (tertiary/aromatic N) is 2. The first-order valence-electron chi connectivity index (χ1n) is 7.63. The zero-order valence-corrected chi connectivity index (χ0v) is 14.4. The first kappa shape index (κ1) is 17.0. The Bertz CT molecular complexity index is 864. The van der Waals surface area contributed by atoms with Gasteiger partial charge in [-0.1, -0.05) is 17.7 Å². The fourth-order valence-corrected chi connectivity index (χ4v) is 2.37. The maximum atomic E-state index is 12.3. The molecule has 1 heterocycles. The molecular formula is C18H16ClN3O3. The fourth-order valence-electron chi connectivity index (χ4n) is 2.20. The van der Waals surface area contributed by atoms with Crippen molar-refractivity contribution in [3.05, 3.63) is 59.4 Å². The van der Waals surface area contributed by atoms with Crippen LogP contribution in [0.2, 0.25) is 5.02 Å².